The van der Waals surface area contributed by atoms with Gasteiger partial charge in [0.15, 0.2) is 9.87 Å². The van der Waals surface area contributed by atoms with Crippen molar-refractivity contribution >= 4 is 35.5 Å². The third kappa shape index (κ3) is 4.88. The summed E-state index contributed by atoms with van der Waals surface area (Å²) in [7, 11) is 0. The minimum atomic E-state index is -0.546. The molecule has 1 heterocycles. The lowest BCUT2D eigenvalue weighted by Crippen LogP contribution is -2.44. The van der Waals surface area contributed by atoms with Gasteiger partial charge in [-0.1, -0.05) is 27.7 Å². The number of carbonyl (C=O) groups excluding carboxylic acids is 2. The summed E-state index contributed by atoms with van der Waals surface area (Å²) in [5.74, 6) is 0.566. The van der Waals surface area contributed by atoms with Gasteiger partial charge >= 0.3 is 11.9 Å². The lowest BCUT2D eigenvalue weighted by Gasteiger charge is -2.41. The lowest BCUT2D eigenvalue weighted by atomic mass is 10.2. The fourth-order valence-corrected chi connectivity index (χ4v) is 3.99. The predicted octanol–water partition coefficient (Wildman–Crippen LogP) is 3.30. The molecule has 0 aromatic heterocycles. The number of hydrogen-bond donors (Lipinski definition) is 0. The van der Waals surface area contributed by atoms with Crippen LogP contribution in [0.3, 0.4) is 0 Å². The average Bonchev–Trinajstić information content (AvgIpc) is 2.33. The van der Waals surface area contributed by atoms with Crippen LogP contribution in [-0.4, -0.2) is 33.3 Å². The van der Waals surface area contributed by atoms with Crippen molar-refractivity contribution in [3.63, 3.8) is 0 Å². The first-order valence-corrected chi connectivity index (χ1v) is 8.78. The van der Waals surface area contributed by atoms with Crippen molar-refractivity contribution in [3.05, 3.63) is 0 Å². The topological polar surface area (TPSA) is 52.6 Å². The lowest BCUT2D eigenvalue weighted by molar-refractivity contribution is -0.155. The molecular formula is C14H24O4S2. The molecule has 0 radical (unpaired) electrons. The van der Waals surface area contributed by atoms with Gasteiger partial charge in [-0.05, 0) is 13.8 Å². The van der Waals surface area contributed by atoms with Crippen molar-refractivity contribution in [2.45, 2.75) is 51.4 Å². The Morgan fingerprint density at radius 2 is 1.15 bits per heavy atom. The minimum absolute atomic E-state index is 0.135. The first kappa shape index (κ1) is 17.7. The summed E-state index contributed by atoms with van der Waals surface area (Å²) < 4.78 is 11.1. The largest absolute Gasteiger partial charge is 0.447 e. The summed E-state index contributed by atoms with van der Waals surface area (Å²) in [4.78, 5) is 22.3. The Kier molecular flexibility index (Phi) is 5.84. The van der Waals surface area contributed by atoms with E-state index in [-0.39, 0.29) is 23.8 Å². The molecule has 20 heavy (non-hydrogen) atoms. The van der Waals surface area contributed by atoms with Crippen molar-refractivity contribution in [2.75, 3.05) is 11.5 Å². The predicted molar refractivity (Wildman–Crippen MR) is 83.6 cm³/mol. The van der Waals surface area contributed by atoms with Crippen LogP contribution in [0.25, 0.3) is 0 Å². The van der Waals surface area contributed by atoms with Crippen LogP contribution in [0.1, 0.15) is 41.5 Å². The first-order valence-electron chi connectivity index (χ1n) is 6.80. The van der Waals surface area contributed by atoms with Crippen LogP contribution in [0.5, 0.6) is 0 Å². The number of esters is 2. The molecule has 0 saturated carbocycles. The number of hydrogen-bond acceptors (Lipinski definition) is 6. The van der Waals surface area contributed by atoms with Gasteiger partial charge in [0.1, 0.15) is 0 Å². The maximum absolute atomic E-state index is 11.7. The summed E-state index contributed by atoms with van der Waals surface area (Å²) in [6.45, 7) is 11.1. The van der Waals surface area contributed by atoms with E-state index in [2.05, 4.69) is 0 Å². The van der Waals surface area contributed by atoms with Gasteiger partial charge in [-0.25, -0.2) is 0 Å². The molecule has 1 saturated heterocycles. The Morgan fingerprint density at radius 3 is 1.35 bits per heavy atom. The van der Waals surface area contributed by atoms with E-state index in [1.54, 1.807) is 0 Å². The second-order valence-corrected chi connectivity index (χ2v) is 8.88. The van der Waals surface area contributed by atoms with Crippen LogP contribution in [0.2, 0.25) is 0 Å². The number of carbonyl (C=O) groups is 2. The first-order chi connectivity index (χ1) is 9.07. The summed E-state index contributed by atoms with van der Waals surface area (Å²) >= 11 is 3.06. The van der Waals surface area contributed by atoms with E-state index >= 15 is 0 Å². The Hall–Kier alpha value is -0.360. The third-order valence-electron chi connectivity index (χ3n) is 2.86. The number of rotatable bonds is 4. The molecule has 0 N–H and O–H groups in total. The fourth-order valence-electron chi connectivity index (χ4n) is 1.43. The van der Waals surface area contributed by atoms with E-state index in [9.17, 15) is 9.59 Å². The van der Waals surface area contributed by atoms with Crippen molar-refractivity contribution in [3.8, 4) is 0 Å². The van der Waals surface area contributed by atoms with Crippen molar-refractivity contribution in [1.82, 2.24) is 0 Å². The van der Waals surface area contributed by atoms with E-state index in [1.165, 1.54) is 23.5 Å². The third-order valence-corrected chi connectivity index (χ3v) is 6.29. The molecule has 4 nitrogen and oxygen atoms in total. The Balaban J connectivity index is 2.57. The molecule has 0 amide bonds. The quantitative estimate of drug-likeness (QED) is 0.741. The molecular weight excluding hydrogens is 296 g/mol. The SMILES string of the molecule is CC(C)C(=O)OC1(C)CSC(C)(OC(=O)C(C)C)CS1. The molecule has 0 aliphatic carbocycles. The highest BCUT2D eigenvalue weighted by molar-refractivity contribution is 8.07. The van der Waals surface area contributed by atoms with E-state index < -0.39 is 9.87 Å². The molecule has 2 atom stereocenters. The van der Waals surface area contributed by atoms with Crippen LogP contribution < -0.4 is 0 Å². The number of ether oxygens (including phenoxy) is 2. The molecule has 1 aliphatic heterocycles. The highest BCUT2D eigenvalue weighted by Crippen LogP contribution is 2.45. The van der Waals surface area contributed by atoms with Crippen LogP contribution >= 0.6 is 23.5 Å². The Bertz CT molecular complexity index is 335. The highest BCUT2D eigenvalue weighted by Gasteiger charge is 2.44. The van der Waals surface area contributed by atoms with Gasteiger partial charge in [0, 0.05) is 11.5 Å². The molecule has 2 unspecified atom stereocenters. The van der Waals surface area contributed by atoms with Crippen molar-refractivity contribution < 1.29 is 19.1 Å². The average molecular weight is 320 g/mol. The zero-order valence-corrected chi connectivity index (χ0v) is 14.7. The molecule has 0 bridgehead atoms. The van der Waals surface area contributed by atoms with Gasteiger partial charge < -0.3 is 9.47 Å². The van der Waals surface area contributed by atoms with Gasteiger partial charge in [-0.2, -0.15) is 0 Å². The van der Waals surface area contributed by atoms with Gasteiger partial charge in [-0.3, -0.25) is 9.59 Å². The zero-order chi connectivity index (χ0) is 15.6. The summed E-state index contributed by atoms with van der Waals surface area (Å²) in [6, 6.07) is 0. The molecule has 0 aromatic carbocycles. The van der Waals surface area contributed by atoms with Crippen molar-refractivity contribution in [2.24, 2.45) is 11.8 Å². The van der Waals surface area contributed by atoms with E-state index in [1.807, 2.05) is 41.5 Å². The minimum Gasteiger partial charge on any atom is -0.447 e. The molecule has 0 aromatic rings. The van der Waals surface area contributed by atoms with Crippen LogP contribution in [0.15, 0.2) is 0 Å². The molecule has 116 valence electrons. The van der Waals surface area contributed by atoms with E-state index in [4.69, 9.17) is 9.47 Å². The monoisotopic (exact) mass is 320 g/mol. The summed E-state index contributed by atoms with van der Waals surface area (Å²) in [6.07, 6.45) is 0. The van der Waals surface area contributed by atoms with E-state index in [0.717, 1.165) is 0 Å². The molecule has 1 aliphatic rings. The van der Waals surface area contributed by atoms with Crippen LogP contribution in [-0.2, 0) is 19.1 Å². The van der Waals surface area contributed by atoms with Crippen molar-refractivity contribution in [1.29, 1.82) is 0 Å². The van der Waals surface area contributed by atoms with Crippen LogP contribution in [0, 0.1) is 11.8 Å². The molecule has 0 spiro atoms. The van der Waals surface area contributed by atoms with Gasteiger partial charge in [0.2, 0.25) is 0 Å². The molecule has 6 heteroatoms. The van der Waals surface area contributed by atoms with E-state index in [0.29, 0.717) is 11.5 Å². The normalized spacial score (nSPS) is 30.4. The maximum atomic E-state index is 11.7. The van der Waals surface area contributed by atoms with Crippen LogP contribution in [0.4, 0.5) is 0 Å². The Morgan fingerprint density at radius 1 is 0.850 bits per heavy atom. The summed E-state index contributed by atoms with van der Waals surface area (Å²) in [5, 5.41) is 0. The number of thioether (sulfide) groups is 2. The molecule has 1 rings (SSSR count). The Labute approximate surface area is 129 Å². The zero-order valence-electron chi connectivity index (χ0n) is 13.0. The highest BCUT2D eigenvalue weighted by atomic mass is 32.2. The second-order valence-electron chi connectivity index (χ2n) is 6.00. The van der Waals surface area contributed by atoms with Gasteiger partial charge in [0.25, 0.3) is 0 Å². The van der Waals surface area contributed by atoms with Gasteiger partial charge in [0.05, 0.1) is 11.8 Å². The standard InChI is InChI=1S/C14H24O4S2/c1-9(2)11(15)17-13(5)7-20-14(6,8-19-13)18-12(16)10(3)4/h9-10H,7-8H2,1-6H3. The maximum Gasteiger partial charge on any atom is 0.309 e. The van der Waals surface area contributed by atoms with Gasteiger partial charge in [-0.15, -0.1) is 23.5 Å². The fraction of sp³-hybridized carbons (Fsp3) is 0.857. The second kappa shape index (κ2) is 6.60. The summed E-state index contributed by atoms with van der Waals surface area (Å²) in [5.41, 5.74) is 0. The smallest absolute Gasteiger partial charge is 0.309 e. The molecule has 1 fully saturated rings.